The quantitative estimate of drug-likeness (QED) is 0.481. The minimum atomic E-state index is -1.10. The van der Waals surface area contributed by atoms with Crippen LogP contribution in [0.5, 0.6) is 5.75 Å². The van der Waals surface area contributed by atoms with Gasteiger partial charge in [-0.05, 0) is 25.0 Å². The summed E-state index contributed by atoms with van der Waals surface area (Å²) in [6.45, 7) is 3.30. The van der Waals surface area contributed by atoms with Crippen molar-refractivity contribution in [3.05, 3.63) is 29.0 Å². The van der Waals surface area contributed by atoms with Crippen LogP contribution in [0.15, 0.2) is 12.1 Å². The standard InChI is InChI=1S/C17H19NO5/c1-4-5-11-6-7-13(23-9-14(21)22)16-15(12(20)8-19)10(2)18(3)17(11)16/h6-8H,4-5,9H2,1-3H3,(H,21,22). The third-order valence-electron chi connectivity index (χ3n) is 3.90. The molecule has 1 N–H and O–H groups in total. The SMILES string of the molecule is CCCc1ccc(OCC(=O)O)c2c(C(=O)C=O)c(C)n(C)c12. The fourth-order valence-corrected chi connectivity index (χ4v) is 2.85. The zero-order chi connectivity index (χ0) is 17.1. The van der Waals surface area contributed by atoms with Gasteiger partial charge >= 0.3 is 5.97 Å². The zero-order valence-electron chi connectivity index (χ0n) is 13.4. The number of ketones is 1. The molecule has 6 heteroatoms. The molecule has 1 heterocycles. The van der Waals surface area contributed by atoms with Gasteiger partial charge in [0.15, 0.2) is 12.9 Å². The van der Waals surface area contributed by atoms with Crippen LogP contribution in [0.3, 0.4) is 0 Å². The van der Waals surface area contributed by atoms with Gasteiger partial charge in [0.2, 0.25) is 5.78 Å². The summed E-state index contributed by atoms with van der Waals surface area (Å²) < 4.78 is 7.19. The molecule has 0 aliphatic heterocycles. The van der Waals surface area contributed by atoms with E-state index in [1.165, 1.54) is 0 Å². The molecule has 0 bridgehead atoms. The number of ether oxygens (including phenoxy) is 1. The molecule has 0 radical (unpaired) electrons. The maximum Gasteiger partial charge on any atom is 0.341 e. The maximum absolute atomic E-state index is 12.1. The number of carboxylic acids is 1. The number of aliphatic carboxylic acids is 1. The van der Waals surface area contributed by atoms with Crippen molar-refractivity contribution in [3.63, 3.8) is 0 Å². The van der Waals surface area contributed by atoms with E-state index in [9.17, 15) is 14.4 Å². The zero-order valence-corrected chi connectivity index (χ0v) is 13.4. The van der Waals surface area contributed by atoms with Crippen LogP contribution >= 0.6 is 0 Å². The molecule has 122 valence electrons. The van der Waals surface area contributed by atoms with Crippen molar-refractivity contribution in [1.29, 1.82) is 0 Å². The molecule has 1 aromatic carbocycles. The number of Topliss-reactive ketones (excluding diaryl/α,β-unsaturated/α-hetero) is 1. The van der Waals surface area contributed by atoms with Crippen LogP contribution in [0.2, 0.25) is 0 Å². The number of carboxylic acid groups (broad SMARTS) is 1. The summed E-state index contributed by atoms with van der Waals surface area (Å²) in [5.41, 5.74) is 2.76. The Morgan fingerprint density at radius 3 is 2.61 bits per heavy atom. The summed E-state index contributed by atoms with van der Waals surface area (Å²) in [6.07, 6.45) is 2.00. The average Bonchev–Trinajstić information content (AvgIpc) is 2.78. The second-order valence-electron chi connectivity index (χ2n) is 5.38. The monoisotopic (exact) mass is 317 g/mol. The molecule has 0 spiro atoms. The molecule has 1 aromatic heterocycles. The molecule has 2 aromatic rings. The molecule has 0 amide bonds. The number of rotatable bonds is 7. The van der Waals surface area contributed by atoms with Gasteiger partial charge in [-0.2, -0.15) is 0 Å². The van der Waals surface area contributed by atoms with Crippen LogP contribution < -0.4 is 4.74 Å². The third-order valence-corrected chi connectivity index (χ3v) is 3.90. The predicted octanol–water partition coefficient (Wildman–Crippen LogP) is 2.28. The average molecular weight is 317 g/mol. The number of aldehydes is 1. The predicted molar refractivity (Wildman–Crippen MR) is 85.2 cm³/mol. The fraction of sp³-hybridized carbons (Fsp3) is 0.353. The molecular weight excluding hydrogens is 298 g/mol. The molecule has 0 fully saturated rings. The van der Waals surface area contributed by atoms with Crippen LogP contribution in [-0.2, 0) is 23.1 Å². The number of hydrogen-bond donors (Lipinski definition) is 1. The highest BCUT2D eigenvalue weighted by molar-refractivity contribution is 6.37. The van der Waals surface area contributed by atoms with Gasteiger partial charge in [0.05, 0.1) is 16.5 Å². The minimum Gasteiger partial charge on any atom is -0.481 e. The van der Waals surface area contributed by atoms with Gasteiger partial charge in [0, 0.05) is 12.7 Å². The van der Waals surface area contributed by atoms with Gasteiger partial charge in [0.25, 0.3) is 0 Å². The first-order valence-corrected chi connectivity index (χ1v) is 7.37. The van der Waals surface area contributed by atoms with Crippen molar-refractivity contribution in [3.8, 4) is 5.75 Å². The van der Waals surface area contributed by atoms with Crippen LogP contribution in [0.25, 0.3) is 10.9 Å². The number of hydrogen-bond acceptors (Lipinski definition) is 4. The Balaban J connectivity index is 2.80. The molecule has 0 saturated heterocycles. The van der Waals surface area contributed by atoms with Gasteiger partial charge in [-0.15, -0.1) is 0 Å². The number of nitrogens with zero attached hydrogens (tertiary/aromatic N) is 1. The molecule has 0 aliphatic rings. The summed E-state index contributed by atoms with van der Waals surface area (Å²) in [6, 6.07) is 3.54. The second kappa shape index (κ2) is 6.64. The highest BCUT2D eigenvalue weighted by Gasteiger charge is 2.23. The van der Waals surface area contributed by atoms with Gasteiger partial charge in [-0.25, -0.2) is 4.79 Å². The largest absolute Gasteiger partial charge is 0.481 e. The molecule has 0 saturated carbocycles. The van der Waals surface area contributed by atoms with Crippen molar-refractivity contribution in [2.24, 2.45) is 7.05 Å². The van der Waals surface area contributed by atoms with Gasteiger partial charge in [-0.3, -0.25) is 9.59 Å². The highest BCUT2D eigenvalue weighted by atomic mass is 16.5. The van der Waals surface area contributed by atoms with E-state index in [1.54, 1.807) is 13.0 Å². The third kappa shape index (κ3) is 2.97. The number of carbonyl (C=O) groups is 3. The molecule has 0 unspecified atom stereocenters. The van der Waals surface area contributed by atoms with Crippen molar-refractivity contribution in [2.75, 3.05) is 6.61 Å². The van der Waals surface area contributed by atoms with Crippen molar-refractivity contribution < 1.29 is 24.2 Å². The maximum atomic E-state index is 12.1. The molecule has 0 atom stereocenters. The lowest BCUT2D eigenvalue weighted by molar-refractivity contribution is -0.139. The number of aromatic nitrogens is 1. The molecule has 0 aliphatic carbocycles. The first kappa shape index (κ1) is 16.7. The lowest BCUT2D eigenvalue weighted by atomic mass is 10.0. The fourth-order valence-electron chi connectivity index (χ4n) is 2.85. The molecular formula is C17H19NO5. The Morgan fingerprint density at radius 1 is 1.35 bits per heavy atom. The Kier molecular flexibility index (Phi) is 4.83. The summed E-state index contributed by atoms with van der Waals surface area (Å²) in [4.78, 5) is 33.8. The molecule has 23 heavy (non-hydrogen) atoms. The van der Waals surface area contributed by atoms with E-state index in [2.05, 4.69) is 0 Å². The first-order chi connectivity index (χ1) is 10.9. The Hall–Kier alpha value is -2.63. The van der Waals surface area contributed by atoms with E-state index >= 15 is 0 Å². The minimum absolute atomic E-state index is 0.273. The van der Waals surface area contributed by atoms with Gasteiger partial charge < -0.3 is 14.4 Å². The van der Waals surface area contributed by atoms with Gasteiger partial charge in [0.1, 0.15) is 5.75 Å². The van der Waals surface area contributed by atoms with E-state index in [1.807, 2.05) is 24.6 Å². The highest BCUT2D eigenvalue weighted by Crippen LogP contribution is 2.36. The van der Waals surface area contributed by atoms with Crippen LogP contribution in [-0.4, -0.2) is 34.3 Å². The van der Waals surface area contributed by atoms with E-state index in [0.29, 0.717) is 16.8 Å². The van der Waals surface area contributed by atoms with Crippen LogP contribution in [0, 0.1) is 6.92 Å². The van der Waals surface area contributed by atoms with E-state index in [0.717, 1.165) is 23.9 Å². The summed E-state index contributed by atoms with van der Waals surface area (Å²) in [5.74, 6) is -1.44. The van der Waals surface area contributed by atoms with E-state index in [-0.39, 0.29) is 11.8 Å². The van der Waals surface area contributed by atoms with E-state index < -0.39 is 18.4 Å². The number of benzene rings is 1. The Labute approximate surface area is 133 Å². The Bertz CT molecular complexity index is 788. The van der Waals surface area contributed by atoms with Gasteiger partial charge in [-0.1, -0.05) is 19.4 Å². The summed E-state index contributed by atoms with van der Waals surface area (Å²) in [7, 11) is 1.82. The Morgan fingerprint density at radius 2 is 2.04 bits per heavy atom. The van der Waals surface area contributed by atoms with Crippen molar-refractivity contribution in [1.82, 2.24) is 4.57 Å². The summed E-state index contributed by atoms with van der Waals surface area (Å²) >= 11 is 0. The van der Waals surface area contributed by atoms with Crippen LogP contribution in [0.4, 0.5) is 0 Å². The lowest BCUT2D eigenvalue weighted by Crippen LogP contribution is -2.10. The first-order valence-electron chi connectivity index (χ1n) is 7.37. The normalized spacial score (nSPS) is 10.7. The molecule has 2 rings (SSSR count). The topological polar surface area (TPSA) is 85.6 Å². The summed E-state index contributed by atoms with van der Waals surface area (Å²) in [5, 5.41) is 9.33. The second-order valence-corrected chi connectivity index (χ2v) is 5.38. The van der Waals surface area contributed by atoms with Crippen LogP contribution in [0.1, 0.15) is 35.0 Å². The van der Waals surface area contributed by atoms with Crippen molar-refractivity contribution in [2.45, 2.75) is 26.7 Å². The smallest absolute Gasteiger partial charge is 0.341 e. The number of fused-ring (bicyclic) bond motifs is 1. The van der Waals surface area contributed by atoms with Crippen molar-refractivity contribution >= 4 is 28.9 Å². The number of aryl methyl sites for hydroxylation is 2. The molecule has 6 nitrogen and oxygen atoms in total. The number of carbonyl (C=O) groups excluding carboxylic acids is 2. The van der Waals surface area contributed by atoms with E-state index in [4.69, 9.17) is 9.84 Å². The lowest BCUT2D eigenvalue weighted by Gasteiger charge is -2.10.